The van der Waals surface area contributed by atoms with Gasteiger partial charge in [0.05, 0.1) is 30.7 Å². The van der Waals surface area contributed by atoms with Crippen molar-refractivity contribution in [3.63, 3.8) is 0 Å². The highest BCUT2D eigenvalue weighted by Crippen LogP contribution is 2.28. The second-order valence-electron chi connectivity index (χ2n) is 4.48. The maximum Gasteiger partial charge on any atom is 0.357 e. The number of anilines is 1. The van der Waals surface area contributed by atoms with Crippen molar-refractivity contribution in [2.24, 2.45) is 0 Å². The minimum Gasteiger partial charge on any atom is -0.464 e. The molecule has 22 heavy (non-hydrogen) atoms. The van der Waals surface area contributed by atoms with Gasteiger partial charge in [-0.2, -0.15) is 5.26 Å². The fourth-order valence-corrected chi connectivity index (χ4v) is 2.49. The van der Waals surface area contributed by atoms with Gasteiger partial charge in [0.25, 0.3) is 0 Å². The molecule has 0 aliphatic carbocycles. The van der Waals surface area contributed by atoms with Crippen molar-refractivity contribution in [2.75, 3.05) is 20.0 Å². The van der Waals surface area contributed by atoms with Crippen LogP contribution in [0.2, 0.25) is 0 Å². The lowest BCUT2D eigenvalue weighted by atomic mass is 10.2. The van der Waals surface area contributed by atoms with E-state index in [0.717, 1.165) is 10.0 Å². The average Bonchev–Trinajstić information content (AvgIpc) is 2.85. The zero-order chi connectivity index (χ0) is 16.3. The summed E-state index contributed by atoms with van der Waals surface area (Å²) in [4.78, 5) is 12.0. The molecule has 6 nitrogen and oxygen atoms in total. The van der Waals surface area contributed by atoms with Gasteiger partial charge in [0.2, 0.25) is 0 Å². The molecule has 1 heterocycles. The smallest absolute Gasteiger partial charge is 0.357 e. The summed E-state index contributed by atoms with van der Waals surface area (Å²) in [5.41, 5.74) is 7.86. The molecule has 0 atom stereocenters. The molecule has 0 saturated carbocycles. The van der Waals surface area contributed by atoms with Gasteiger partial charge in [0, 0.05) is 23.3 Å². The first-order chi connectivity index (χ1) is 10.5. The maximum atomic E-state index is 12.0. The van der Waals surface area contributed by atoms with Crippen LogP contribution in [0, 0.1) is 11.3 Å². The Morgan fingerprint density at radius 2 is 2.18 bits per heavy atom. The highest BCUT2D eigenvalue weighted by molar-refractivity contribution is 9.10. The minimum absolute atomic E-state index is 0.0951. The number of esters is 1. The number of aromatic nitrogens is 1. The molecule has 0 saturated heterocycles. The van der Waals surface area contributed by atoms with E-state index in [-0.39, 0.29) is 16.9 Å². The topological polar surface area (TPSA) is 90.3 Å². The molecule has 0 aliphatic rings. The largest absolute Gasteiger partial charge is 0.464 e. The molecule has 0 fully saturated rings. The van der Waals surface area contributed by atoms with Crippen LogP contribution in [0.25, 0.3) is 5.69 Å². The number of nitrogens with two attached hydrogens (primary N) is 1. The first-order valence-corrected chi connectivity index (χ1v) is 7.09. The van der Waals surface area contributed by atoms with Crippen LogP contribution in [0.15, 0.2) is 28.9 Å². The number of benzene rings is 1. The predicted molar refractivity (Wildman–Crippen MR) is 84.6 cm³/mol. The summed E-state index contributed by atoms with van der Waals surface area (Å²) in [5, 5.41) is 9.16. The van der Waals surface area contributed by atoms with Gasteiger partial charge in [-0.1, -0.05) is 22.0 Å². The molecule has 0 aliphatic heterocycles. The lowest BCUT2D eigenvalue weighted by Gasteiger charge is -2.13. The summed E-state index contributed by atoms with van der Waals surface area (Å²) in [7, 11) is 2.85. The lowest BCUT2D eigenvalue weighted by Crippen LogP contribution is -2.12. The molecule has 1 aromatic carbocycles. The van der Waals surface area contributed by atoms with Crippen LogP contribution in [-0.2, 0) is 16.1 Å². The van der Waals surface area contributed by atoms with Gasteiger partial charge < -0.3 is 19.8 Å². The number of hydrogen-bond donors (Lipinski definition) is 1. The molecule has 2 N–H and O–H groups in total. The van der Waals surface area contributed by atoms with Gasteiger partial charge in [-0.05, 0) is 12.1 Å². The summed E-state index contributed by atoms with van der Waals surface area (Å²) < 4.78 is 12.3. The number of nitrogen functional groups attached to an aromatic ring is 1. The number of rotatable bonds is 4. The molecule has 0 amide bonds. The Morgan fingerprint density at radius 1 is 1.45 bits per heavy atom. The van der Waals surface area contributed by atoms with E-state index in [0.29, 0.717) is 12.3 Å². The van der Waals surface area contributed by atoms with Crippen molar-refractivity contribution in [3.8, 4) is 11.8 Å². The van der Waals surface area contributed by atoms with Gasteiger partial charge >= 0.3 is 5.97 Å². The zero-order valence-electron chi connectivity index (χ0n) is 12.1. The van der Waals surface area contributed by atoms with E-state index in [1.165, 1.54) is 13.3 Å². The van der Waals surface area contributed by atoms with Crippen molar-refractivity contribution in [2.45, 2.75) is 6.61 Å². The number of hydrogen-bond acceptors (Lipinski definition) is 5. The van der Waals surface area contributed by atoms with Crippen LogP contribution in [0.4, 0.5) is 5.69 Å². The Balaban J connectivity index is 2.75. The van der Waals surface area contributed by atoms with Crippen molar-refractivity contribution in [1.29, 1.82) is 5.26 Å². The van der Waals surface area contributed by atoms with Gasteiger partial charge in [0.1, 0.15) is 6.07 Å². The molecule has 7 heteroatoms. The number of nitrogens with zero attached hydrogens (tertiary/aromatic N) is 2. The Hall–Kier alpha value is -2.30. The third-order valence-electron chi connectivity index (χ3n) is 3.15. The van der Waals surface area contributed by atoms with E-state index in [4.69, 9.17) is 20.5 Å². The zero-order valence-corrected chi connectivity index (χ0v) is 13.7. The summed E-state index contributed by atoms with van der Waals surface area (Å²) in [5.74, 6) is -0.609. The fourth-order valence-electron chi connectivity index (χ4n) is 2.14. The Morgan fingerprint density at radius 3 is 2.77 bits per heavy atom. The fraction of sp³-hybridized carbons (Fsp3) is 0.200. The third kappa shape index (κ3) is 2.84. The first kappa shape index (κ1) is 16.1. The van der Waals surface area contributed by atoms with Gasteiger partial charge in [0.15, 0.2) is 5.69 Å². The summed E-state index contributed by atoms with van der Waals surface area (Å²) >= 11 is 3.40. The van der Waals surface area contributed by atoms with E-state index in [9.17, 15) is 4.79 Å². The van der Waals surface area contributed by atoms with Crippen LogP contribution in [0.3, 0.4) is 0 Å². The molecular formula is C15H14BrN3O3. The van der Waals surface area contributed by atoms with E-state index >= 15 is 0 Å². The number of methoxy groups -OCH3 is 2. The van der Waals surface area contributed by atoms with Crippen LogP contribution >= 0.6 is 15.9 Å². The molecule has 114 valence electrons. The highest BCUT2D eigenvalue weighted by Gasteiger charge is 2.23. The SMILES string of the molecule is COCc1ccc(Br)cc1-n1cc(C#N)c(N)c1C(=O)OC. The molecule has 2 rings (SSSR count). The van der Waals surface area contributed by atoms with Gasteiger partial charge in [-0.3, -0.25) is 0 Å². The van der Waals surface area contributed by atoms with E-state index in [1.807, 2.05) is 24.3 Å². The summed E-state index contributed by atoms with van der Waals surface area (Å²) in [6.07, 6.45) is 1.52. The second-order valence-corrected chi connectivity index (χ2v) is 5.40. The van der Waals surface area contributed by atoms with Crippen molar-refractivity contribution < 1.29 is 14.3 Å². The number of halogens is 1. The van der Waals surface area contributed by atoms with E-state index in [1.54, 1.807) is 11.7 Å². The van der Waals surface area contributed by atoms with Crippen molar-refractivity contribution in [3.05, 3.63) is 45.7 Å². The molecule has 0 bridgehead atoms. The van der Waals surface area contributed by atoms with Gasteiger partial charge in [-0.25, -0.2) is 4.79 Å². The average molecular weight is 364 g/mol. The predicted octanol–water partition coefficient (Wildman–Crippen LogP) is 2.63. The van der Waals surface area contributed by atoms with E-state index in [2.05, 4.69) is 15.9 Å². The first-order valence-electron chi connectivity index (χ1n) is 6.30. The lowest BCUT2D eigenvalue weighted by molar-refractivity contribution is 0.0593. The Labute approximate surface area is 136 Å². The molecule has 0 spiro atoms. The van der Waals surface area contributed by atoms with E-state index < -0.39 is 5.97 Å². The number of ether oxygens (including phenoxy) is 2. The van der Waals surface area contributed by atoms with Crippen LogP contribution in [-0.4, -0.2) is 24.8 Å². The minimum atomic E-state index is -0.609. The standard InChI is InChI=1S/C15H14BrN3O3/c1-21-8-9-3-4-11(16)5-12(9)19-7-10(6-17)13(18)14(19)15(20)22-2/h3-5,7H,8,18H2,1-2H3. The maximum absolute atomic E-state index is 12.0. The van der Waals surface area contributed by atoms with Gasteiger partial charge in [-0.15, -0.1) is 0 Å². The quantitative estimate of drug-likeness (QED) is 0.843. The second kappa shape index (κ2) is 6.64. The van der Waals surface area contributed by atoms with Crippen molar-refractivity contribution in [1.82, 2.24) is 4.57 Å². The summed E-state index contributed by atoms with van der Waals surface area (Å²) in [6.45, 7) is 0.350. The molecular weight excluding hydrogens is 350 g/mol. The molecule has 0 radical (unpaired) electrons. The highest BCUT2D eigenvalue weighted by atomic mass is 79.9. The van der Waals surface area contributed by atoms with Crippen LogP contribution in [0.1, 0.15) is 21.6 Å². The summed E-state index contributed by atoms with van der Waals surface area (Å²) in [6, 6.07) is 7.53. The Bertz CT molecular complexity index is 762. The monoisotopic (exact) mass is 363 g/mol. The number of carbonyl (C=O) groups excluding carboxylic acids is 1. The molecule has 1 aromatic heterocycles. The molecule has 0 unspecified atom stereocenters. The van der Waals surface area contributed by atoms with Crippen LogP contribution in [0.5, 0.6) is 0 Å². The van der Waals surface area contributed by atoms with Crippen molar-refractivity contribution >= 4 is 27.6 Å². The molecule has 2 aromatic rings. The third-order valence-corrected chi connectivity index (χ3v) is 3.64. The normalized spacial score (nSPS) is 10.3. The van der Waals surface area contributed by atoms with Crippen LogP contribution < -0.4 is 5.73 Å². The number of carbonyl (C=O) groups is 1. The number of nitriles is 1. The Kier molecular flexibility index (Phi) is 4.85.